The number of carboxylic acid groups (broad SMARTS) is 1. The van der Waals surface area contributed by atoms with Crippen molar-refractivity contribution in [1.29, 1.82) is 0 Å². The van der Waals surface area contributed by atoms with Crippen LogP contribution < -0.4 is 0 Å². The van der Waals surface area contributed by atoms with Gasteiger partial charge in [-0.1, -0.05) is 5.21 Å². The highest BCUT2D eigenvalue weighted by atomic mass is 16.4. The molecule has 1 fully saturated rings. The second-order valence-electron chi connectivity index (χ2n) is 4.99. The Kier molecular flexibility index (Phi) is 2.89. The van der Waals surface area contributed by atoms with Crippen molar-refractivity contribution < 1.29 is 14.7 Å². The lowest BCUT2D eigenvalue weighted by Crippen LogP contribution is -2.29. The zero-order valence-electron chi connectivity index (χ0n) is 11.0. The summed E-state index contributed by atoms with van der Waals surface area (Å²) in [5.41, 5.74) is 2.03. The first kappa shape index (κ1) is 12.6. The van der Waals surface area contributed by atoms with Crippen molar-refractivity contribution in [3.05, 3.63) is 23.8 Å². The first-order valence-electron chi connectivity index (χ1n) is 6.38. The van der Waals surface area contributed by atoms with E-state index in [0.717, 1.165) is 5.52 Å². The molecule has 2 aromatic rings. The molecule has 1 amide bonds. The van der Waals surface area contributed by atoms with Crippen molar-refractivity contribution in [2.75, 3.05) is 13.1 Å². The Labute approximate surface area is 114 Å². The van der Waals surface area contributed by atoms with Gasteiger partial charge in [0.25, 0.3) is 5.91 Å². The number of carboxylic acids is 1. The molecule has 0 radical (unpaired) electrons. The molecule has 20 heavy (non-hydrogen) atoms. The van der Waals surface area contributed by atoms with Crippen molar-refractivity contribution in [3.8, 4) is 0 Å². The Morgan fingerprint density at radius 2 is 2.20 bits per heavy atom. The van der Waals surface area contributed by atoms with E-state index in [-0.39, 0.29) is 12.5 Å². The van der Waals surface area contributed by atoms with Gasteiger partial charge >= 0.3 is 5.97 Å². The number of amides is 1. The van der Waals surface area contributed by atoms with Gasteiger partial charge in [-0.3, -0.25) is 9.59 Å². The predicted molar refractivity (Wildman–Crippen MR) is 70.2 cm³/mol. The van der Waals surface area contributed by atoms with E-state index in [0.29, 0.717) is 24.0 Å². The Morgan fingerprint density at radius 3 is 2.90 bits per heavy atom. The third-order valence-corrected chi connectivity index (χ3v) is 3.68. The van der Waals surface area contributed by atoms with Crippen LogP contribution in [0.15, 0.2) is 18.2 Å². The van der Waals surface area contributed by atoms with Crippen LogP contribution in [0.25, 0.3) is 11.0 Å². The Morgan fingerprint density at radius 1 is 1.40 bits per heavy atom. The molecule has 1 aliphatic heterocycles. The fourth-order valence-electron chi connectivity index (χ4n) is 2.50. The monoisotopic (exact) mass is 274 g/mol. The normalized spacial score (nSPS) is 18.6. The number of aryl methyl sites for hydroxylation is 1. The first-order chi connectivity index (χ1) is 9.56. The fraction of sp³-hybridized carbons (Fsp3) is 0.385. The van der Waals surface area contributed by atoms with E-state index >= 15 is 0 Å². The highest BCUT2D eigenvalue weighted by molar-refractivity contribution is 5.97. The zero-order valence-corrected chi connectivity index (χ0v) is 11.0. The van der Waals surface area contributed by atoms with E-state index in [1.165, 1.54) is 0 Å². The molecule has 1 atom stereocenters. The van der Waals surface area contributed by atoms with Gasteiger partial charge in [0, 0.05) is 25.7 Å². The molecule has 0 spiro atoms. The SMILES string of the molecule is Cn1nnc2cc(C(=O)N3CCC(C(=O)O)C3)ccc21. The average molecular weight is 274 g/mol. The molecule has 7 nitrogen and oxygen atoms in total. The average Bonchev–Trinajstić information content (AvgIpc) is 3.05. The van der Waals surface area contributed by atoms with Crippen LogP contribution in [0.3, 0.4) is 0 Å². The molecule has 1 aromatic heterocycles. The summed E-state index contributed by atoms with van der Waals surface area (Å²) >= 11 is 0. The van der Waals surface area contributed by atoms with Gasteiger partial charge in [0.05, 0.1) is 11.4 Å². The topological polar surface area (TPSA) is 88.3 Å². The van der Waals surface area contributed by atoms with E-state index in [1.807, 2.05) is 0 Å². The number of nitrogens with zero attached hydrogens (tertiary/aromatic N) is 4. The summed E-state index contributed by atoms with van der Waals surface area (Å²) < 4.78 is 1.64. The van der Waals surface area contributed by atoms with Gasteiger partial charge in [0.15, 0.2) is 0 Å². The molecule has 7 heteroatoms. The predicted octanol–water partition coefficient (Wildman–Crippen LogP) is 0.515. The zero-order chi connectivity index (χ0) is 14.3. The van der Waals surface area contributed by atoms with Crippen molar-refractivity contribution in [3.63, 3.8) is 0 Å². The molecule has 0 aliphatic carbocycles. The van der Waals surface area contributed by atoms with Crippen LogP contribution in [0.5, 0.6) is 0 Å². The molecule has 3 rings (SSSR count). The van der Waals surface area contributed by atoms with Gasteiger partial charge < -0.3 is 10.0 Å². The van der Waals surface area contributed by atoms with Crippen LogP contribution in [-0.2, 0) is 11.8 Å². The van der Waals surface area contributed by atoms with E-state index in [1.54, 1.807) is 34.8 Å². The standard InChI is InChI=1S/C13H14N4O3/c1-16-11-3-2-8(6-10(11)14-15-16)12(18)17-5-4-9(7-17)13(19)20/h2-3,6,9H,4-5,7H2,1H3,(H,19,20). The molecule has 1 unspecified atom stereocenters. The summed E-state index contributed by atoms with van der Waals surface area (Å²) in [6.07, 6.45) is 0.508. The molecule has 1 aliphatic rings. The van der Waals surface area contributed by atoms with Gasteiger partial charge in [-0.2, -0.15) is 0 Å². The summed E-state index contributed by atoms with van der Waals surface area (Å²) in [6, 6.07) is 5.22. The maximum Gasteiger partial charge on any atom is 0.308 e. The Bertz CT molecular complexity index is 694. The number of fused-ring (bicyclic) bond motifs is 1. The van der Waals surface area contributed by atoms with Crippen molar-refractivity contribution in [2.24, 2.45) is 13.0 Å². The van der Waals surface area contributed by atoms with Crippen molar-refractivity contribution in [2.45, 2.75) is 6.42 Å². The number of rotatable bonds is 2. The summed E-state index contributed by atoms with van der Waals surface area (Å²) in [5.74, 6) is -1.45. The third-order valence-electron chi connectivity index (χ3n) is 3.68. The van der Waals surface area contributed by atoms with Gasteiger partial charge in [-0.05, 0) is 24.6 Å². The van der Waals surface area contributed by atoms with E-state index < -0.39 is 11.9 Å². The summed E-state index contributed by atoms with van der Waals surface area (Å²) in [6.45, 7) is 0.751. The van der Waals surface area contributed by atoms with Crippen molar-refractivity contribution in [1.82, 2.24) is 19.9 Å². The number of carbonyl (C=O) groups excluding carboxylic acids is 1. The van der Waals surface area contributed by atoms with Crippen LogP contribution in [-0.4, -0.2) is 50.0 Å². The largest absolute Gasteiger partial charge is 0.481 e. The minimum absolute atomic E-state index is 0.152. The number of aromatic nitrogens is 3. The second-order valence-corrected chi connectivity index (χ2v) is 4.99. The molecule has 1 saturated heterocycles. The number of benzene rings is 1. The Hall–Kier alpha value is -2.44. The number of aliphatic carboxylic acids is 1. The maximum atomic E-state index is 12.3. The highest BCUT2D eigenvalue weighted by Crippen LogP contribution is 2.20. The van der Waals surface area contributed by atoms with Gasteiger partial charge in [0.2, 0.25) is 0 Å². The highest BCUT2D eigenvalue weighted by Gasteiger charge is 2.31. The van der Waals surface area contributed by atoms with Gasteiger partial charge in [-0.15, -0.1) is 5.10 Å². The lowest BCUT2D eigenvalue weighted by Gasteiger charge is -2.15. The summed E-state index contributed by atoms with van der Waals surface area (Å²) in [7, 11) is 1.79. The van der Waals surface area contributed by atoms with E-state index in [2.05, 4.69) is 10.3 Å². The molecule has 2 heterocycles. The fourth-order valence-corrected chi connectivity index (χ4v) is 2.50. The van der Waals surface area contributed by atoms with E-state index in [9.17, 15) is 9.59 Å². The smallest absolute Gasteiger partial charge is 0.308 e. The Balaban J connectivity index is 1.84. The lowest BCUT2D eigenvalue weighted by molar-refractivity contribution is -0.141. The van der Waals surface area contributed by atoms with E-state index in [4.69, 9.17) is 5.11 Å². The minimum Gasteiger partial charge on any atom is -0.481 e. The van der Waals surface area contributed by atoms with Crippen LogP contribution in [0.1, 0.15) is 16.8 Å². The van der Waals surface area contributed by atoms with Gasteiger partial charge in [0.1, 0.15) is 5.52 Å². The number of hydrogen-bond donors (Lipinski definition) is 1. The molecular weight excluding hydrogens is 260 g/mol. The van der Waals surface area contributed by atoms with Crippen molar-refractivity contribution >= 4 is 22.9 Å². The number of carbonyl (C=O) groups is 2. The lowest BCUT2D eigenvalue weighted by atomic mass is 10.1. The van der Waals surface area contributed by atoms with Crippen LogP contribution in [0, 0.1) is 5.92 Å². The quantitative estimate of drug-likeness (QED) is 0.862. The summed E-state index contributed by atoms with van der Waals surface area (Å²) in [5, 5.41) is 16.8. The molecule has 1 N–H and O–H groups in total. The summed E-state index contributed by atoms with van der Waals surface area (Å²) in [4.78, 5) is 24.8. The van der Waals surface area contributed by atoms with Gasteiger partial charge in [-0.25, -0.2) is 4.68 Å². The second kappa shape index (κ2) is 4.59. The number of hydrogen-bond acceptors (Lipinski definition) is 4. The molecule has 0 bridgehead atoms. The molecule has 104 valence electrons. The van der Waals surface area contributed by atoms with Crippen LogP contribution in [0.4, 0.5) is 0 Å². The first-order valence-corrected chi connectivity index (χ1v) is 6.38. The minimum atomic E-state index is -0.843. The van der Waals surface area contributed by atoms with Crippen LogP contribution in [0.2, 0.25) is 0 Å². The number of likely N-dealkylation sites (tertiary alicyclic amines) is 1. The third kappa shape index (κ3) is 2.01. The van der Waals surface area contributed by atoms with Crippen LogP contribution >= 0.6 is 0 Å². The molecule has 0 saturated carbocycles. The molecular formula is C13H14N4O3. The maximum absolute atomic E-state index is 12.3. The molecule has 1 aromatic carbocycles.